The second kappa shape index (κ2) is 7.26. The molecule has 4 fully saturated rings. The second-order valence-electron chi connectivity index (χ2n) is 8.48. The summed E-state index contributed by atoms with van der Waals surface area (Å²) in [7, 11) is 0. The van der Waals surface area contributed by atoms with Gasteiger partial charge in [-0.25, -0.2) is 0 Å². The lowest BCUT2D eigenvalue weighted by atomic mass is 9.53. The van der Waals surface area contributed by atoms with Crippen molar-refractivity contribution in [3.8, 4) is 0 Å². The second-order valence-corrected chi connectivity index (χ2v) is 9.43. The van der Waals surface area contributed by atoms with E-state index in [1.54, 1.807) is 24.4 Å². The van der Waals surface area contributed by atoms with E-state index in [4.69, 9.17) is 4.74 Å². The van der Waals surface area contributed by atoms with Crippen LogP contribution in [0.15, 0.2) is 17.5 Å². The maximum atomic E-state index is 12.6. The lowest BCUT2D eigenvalue weighted by Crippen LogP contribution is -2.61. The average Bonchev–Trinajstić information content (AvgIpc) is 3.12. The third kappa shape index (κ3) is 4.03. The van der Waals surface area contributed by atoms with Gasteiger partial charge in [-0.2, -0.15) is 0 Å². The molecular weight excluding hydrogens is 364 g/mol. The number of thiophene rings is 1. The Morgan fingerprint density at radius 1 is 1.19 bits per heavy atom. The Morgan fingerprint density at radius 2 is 1.81 bits per heavy atom. The largest absolute Gasteiger partial charge is 0.451 e. The van der Waals surface area contributed by atoms with Crippen LogP contribution in [0.4, 0.5) is 0 Å². The molecule has 4 aliphatic rings. The van der Waals surface area contributed by atoms with E-state index >= 15 is 0 Å². The molecule has 4 bridgehead atoms. The summed E-state index contributed by atoms with van der Waals surface area (Å²) >= 11 is 1.30. The monoisotopic (exact) mass is 390 g/mol. The molecule has 4 aliphatic carbocycles. The van der Waals surface area contributed by atoms with Crippen molar-refractivity contribution in [3.63, 3.8) is 0 Å². The zero-order chi connectivity index (χ0) is 19.0. The molecule has 0 aromatic carbocycles. The molecule has 6 nitrogen and oxygen atoms in total. The van der Waals surface area contributed by atoms with Crippen molar-refractivity contribution >= 4 is 29.1 Å². The lowest BCUT2D eigenvalue weighted by Gasteiger charge is -2.57. The van der Waals surface area contributed by atoms with E-state index in [0.29, 0.717) is 4.88 Å². The van der Waals surface area contributed by atoms with Gasteiger partial charge in [0, 0.05) is 5.54 Å². The van der Waals surface area contributed by atoms with E-state index in [9.17, 15) is 14.4 Å². The highest BCUT2D eigenvalue weighted by Gasteiger charge is 2.51. The molecule has 7 heteroatoms. The predicted molar refractivity (Wildman–Crippen MR) is 101 cm³/mol. The Kier molecular flexibility index (Phi) is 4.97. The smallest absolute Gasteiger partial charge is 0.326 e. The van der Waals surface area contributed by atoms with Gasteiger partial charge >= 0.3 is 5.97 Å². The van der Waals surface area contributed by atoms with Crippen LogP contribution in [0.3, 0.4) is 0 Å². The lowest BCUT2D eigenvalue weighted by molar-refractivity contribution is -0.155. The summed E-state index contributed by atoms with van der Waals surface area (Å²) < 4.78 is 5.23. The van der Waals surface area contributed by atoms with Crippen LogP contribution >= 0.6 is 11.3 Å². The van der Waals surface area contributed by atoms with Crippen molar-refractivity contribution < 1.29 is 19.1 Å². The van der Waals surface area contributed by atoms with Crippen molar-refractivity contribution in [1.82, 2.24) is 10.6 Å². The number of nitrogens with one attached hydrogen (secondary N) is 2. The number of carbonyl (C=O) groups excluding carboxylic acids is 3. The molecule has 2 N–H and O–H groups in total. The first kappa shape index (κ1) is 18.5. The highest BCUT2D eigenvalue weighted by Crippen LogP contribution is 2.55. The molecule has 4 saturated carbocycles. The predicted octanol–water partition coefficient (Wildman–Crippen LogP) is 2.49. The van der Waals surface area contributed by atoms with E-state index in [1.807, 2.05) is 0 Å². The number of ether oxygens (including phenoxy) is 1. The normalized spacial score (nSPS) is 32.0. The average molecular weight is 391 g/mol. The summed E-state index contributed by atoms with van der Waals surface area (Å²) in [5, 5.41) is 7.53. The Labute approximate surface area is 163 Å². The van der Waals surface area contributed by atoms with Crippen LogP contribution in [0, 0.1) is 17.8 Å². The Morgan fingerprint density at radius 3 is 2.37 bits per heavy atom. The molecule has 0 spiro atoms. The van der Waals surface area contributed by atoms with E-state index in [2.05, 4.69) is 10.6 Å². The van der Waals surface area contributed by atoms with E-state index < -0.39 is 12.1 Å². The summed E-state index contributed by atoms with van der Waals surface area (Å²) in [5.41, 5.74) is -0.0973. The van der Waals surface area contributed by atoms with Crippen LogP contribution in [-0.4, -0.2) is 36.0 Å². The maximum Gasteiger partial charge on any atom is 0.326 e. The topological polar surface area (TPSA) is 84.5 Å². The van der Waals surface area contributed by atoms with Gasteiger partial charge in [0.15, 0.2) is 6.10 Å². The molecule has 0 aliphatic heterocycles. The molecule has 146 valence electrons. The summed E-state index contributed by atoms with van der Waals surface area (Å²) in [4.78, 5) is 37.0. The van der Waals surface area contributed by atoms with Crippen LogP contribution in [0.2, 0.25) is 0 Å². The zero-order valence-electron chi connectivity index (χ0n) is 15.5. The number of esters is 1. The van der Waals surface area contributed by atoms with Gasteiger partial charge in [0.05, 0.1) is 4.88 Å². The molecule has 1 aromatic rings. The molecule has 1 atom stereocenters. The Bertz CT molecular complexity index is 695. The van der Waals surface area contributed by atoms with E-state index in [-0.39, 0.29) is 23.9 Å². The number of rotatable bonds is 6. The van der Waals surface area contributed by atoms with Crippen LogP contribution in [0.5, 0.6) is 0 Å². The number of hydrogen-bond acceptors (Lipinski definition) is 5. The van der Waals surface area contributed by atoms with Crippen LogP contribution in [-0.2, 0) is 14.3 Å². The van der Waals surface area contributed by atoms with Gasteiger partial charge in [0.1, 0.15) is 6.54 Å². The third-order valence-electron chi connectivity index (χ3n) is 6.24. The number of carbonyl (C=O) groups is 3. The molecule has 0 radical (unpaired) electrons. The standard InChI is InChI=1S/C20H26N2O4S/c1-12(26-17(23)11-21-19(25)16-3-2-4-27-16)18(24)22-20-8-13-5-14(9-20)7-15(6-13)10-20/h2-4,12-15H,5-11H2,1H3,(H,21,25)(H,22,24)/t12-,13?,14?,15?,20?/m0/s1. The highest BCUT2D eigenvalue weighted by molar-refractivity contribution is 7.12. The number of amides is 2. The van der Waals surface area contributed by atoms with Gasteiger partial charge in [0.25, 0.3) is 11.8 Å². The van der Waals surface area contributed by atoms with Crippen LogP contribution in [0.1, 0.15) is 55.1 Å². The van der Waals surface area contributed by atoms with E-state index in [1.165, 1.54) is 30.6 Å². The van der Waals surface area contributed by atoms with Crippen molar-refractivity contribution in [2.75, 3.05) is 6.54 Å². The highest BCUT2D eigenvalue weighted by atomic mass is 32.1. The van der Waals surface area contributed by atoms with Crippen molar-refractivity contribution in [3.05, 3.63) is 22.4 Å². The molecule has 5 rings (SSSR count). The maximum absolute atomic E-state index is 12.6. The van der Waals surface area contributed by atoms with Gasteiger partial charge in [-0.1, -0.05) is 6.07 Å². The van der Waals surface area contributed by atoms with Gasteiger partial charge < -0.3 is 15.4 Å². The molecule has 2 amide bonds. The van der Waals surface area contributed by atoms with Gasteiger partial charge in [-0.15, -0.1) is 11.3 Å². The zero-order valence-corrected chi connectivity index (χ0v) is 16.3. The first-order valence-corrected chi connectivity index (χ1v) is 10.6. The fraction of sp³-hybridized carbons (Fsp3) is 0.650. The molecule has 1 aromatic heterocycles. The minimum absolute atomic E-state index is 0.0973. The fourth-order valence-electron chi connectivity index (χ4n) is 5.57. The number of hydrogen-bond donors (Lipinski definition) is 2. The van der Waals surface area contributed by atoms with Crippen molar-refractivity contribution in [2.24, 2.45) is 17.8 Å². The first-order valence-electron chi connectivity index (χ1n) is 9.76. The van der Waals surface area contributed by atoms with Gasteiger partial charge in [-0.05, 0) is 74.6 Å². The molecular formula is C20H26N2O4S. The molecule has 1 heterocycles. The Balaban J connectivity index is 1.25. The summed E-state index contributed by atoms with van der Waals surface area (Å²) in [5.74, 6) is 1.07. The van der Waals surface area contributed by atoms with Crippen molar-refractivity contribution in [2.45, 2.75) is 57.1 Å². The quantitative estimate of drug-likeness (QED) is 0.731. The molecule has 0 saturated heterocycles. The van der Waals surface area contributed by atoms with Crippen molar-refractivity contribution in [1.29, 1.82) is 0 Å². The summed E-state index contributed by atoms with van der Waals surface area (Å²) in [6.45, 7) is 1.35. The van der Waals surface area contributed by atoms with Gasteiger partial charge in [-0.3, -0.25) is 14.4 Å². The SMILES string of the molecule is C[C@H](OC(=O)CNC(=O)c1cccs1)C(=O)NC12CC3CC(CC(C3)C1)C2. The third-order valence-corrected chi connectivity index (χ3v) is 7.11. The molecule has 0 unspecified atom stereocenters. The fourth-order valence-corrected chi connectivity index (χ4v) is 6.21. The van der Waals surface area contributed by atoms with Crippen LogP contribution < -0.4 is 10.6 Å². The van der Waals surface area contributed by atoms with Gasteiger partial charge in [0.2, 0.25) is 0 Å². The van der Waals surface area contributed by atoms with Crippen LogP contribution in [0.25, 0.3) is 0 Å². The first-order chi connectivity index (χ1) is 12.9. The minimum Gasteiger partial charge on any atom is -0.451 e. The van der Waals surface area contributed by atoms with E-state index in [0.717, 1.165) is 37.0 Å². The molecule has 27 heavy (non-hydrogen) atoms. The summed E-state index contributed by atoms with van der Waals surface area (Å²) in [6, 6.07) is 3.46. The Hall–Kier alpha value is -1.89. The summed E-state index contributed by atoms with van der Waals surface area (Å²) in [6.07, 6.45) is 6.24. The minimum atomic E-state index is -0.857.